The maximum Gasteiger partial charge on any atom is 0.227 e. The molecule has 0 spiro atoms. The molecule has 0 aliphatic carbocycles. The number of fused-ring (bicyclic) bond motifs is 1. The van der Waals surface area contributed by atoms with Crippen molar-refractivity contribution in [2.75, 3.05) is 36.8 Å². The fraction of sp³-hybridized carbons (Fsp3) is 0.231. The van der Waals surface area contributed by atoms with Crippen LogP contribution in [0.4, 0.5) is 11.8 Å². The highest BCUT2D eigenvalue weighted by Gasteiger charge is 2.24. The number of rotatable bonds is 4. The Morgan fingerprint density at radius 3 is 2.32 bits per heavy atom. The van der Waals surface area contributed by atoms with E-state index in [1.165, 1.54) is 5.56 Å². The van der Waals surface area contributed by atoms with Gasteiger partial charge in [-0.3, -0.25) is 4.79 Å². The molecule has 8 heteroatoms. The molecule has 2 aromatic heterocycles. The number of nitrogens with two attached hydrogens (primary N) is 1. The van der Waals surface area contributed by atoms with Crippen molar-refractivity contribution in [2.45, 2.75) is 13.3 Å². The number of carbonyl (C=O) groups excluding carboxylic acids is 1. The minimum atomic E-state index is 0.105. The van der Waals surface area contributed by atoms with Gasteiger partial charge in [-0.25, -0.2) is 9.97 Å². The molecule has 0 saturated carbocycles. The third-order valence-electron chi connectivity index (χ3n) is 6.09. The molecule has 1 saturated heterocycles. The number of hydrogen-bond acceptors (Lipinski definition) is 6. The Labute approximate surface area is 203 Å². The lowest BCUT2D eigenvalue weighted by molar-refractivity contribution is -0.130. The molecular weight excluding hydrogens is 448 g/mol. The summed E-state index contributed by atoms with van der Waals surface area (Å²) in [4.78, 5) is 30.6. The molecule has 5 rings (SSSR count). The summed E-state index contributed by atoms with van der Waals surface area (Å²) in [7, 11) is 0. The molecule has 4 aromatic rings. The molecule has 1 aliphatic rings. The van der Waals surface area contributed by atoms with E-state index in [0.717, 1.165) is 16.8 Å². The predicted molar refractivity (Wildman–Crippen MR) is 136 cm³/mol. The summed E-state index contributed by atoms with van der Waals surface area (Å²) in [5.74, 6) is 1.03. The maximum atomic E-state index is 12.8. The molecule has 2 aromatic carbocycles. The Bertz CT molecular complexity index is 1330. The Kier molecular flexibility index (Phi) is 6.02. The van der Waals surface area contributed by atoms with E-state index in [9.17, 15) is 4.79 Å². The highest BCUT2D eigenvalue weighted by atomic mass is 35.5. The zero-order valence-electron chi connectivity index (χ0n) is 18.9. The number of nitrogen functional groups attached to an aromatic ring is 1. The first kappa shape index (κ1) is 22.1. The van der Waals surface area contributed by atoms with Gasteiger partial charge in [0.25, 0.3) is 0 Å². The first-order valence-corrected chi connectivity index (χ1v) is 11.6. The van der Waals surface area contributed by atoms with E-state index < -0.39 is 0 Å². The highest BCUT2D eigenvalue weighted by molar-refractivity contribution is 6.30. The minimum Gasteiger partial charge on any atom is -0.368 e. The maximum absolute atomic E-state index is 12.8. The Morgan fingerprint density at radius 2 is 1.62 bits per heavy atom. The van der Waals surface area contributed by atoms with Gasteiger partial charge in [-0.1, -0.05) is 53.6 Å². The quantitative estimate of drug-likeness (QED) is 0.480. The summed E-state index contributed by atoms with van der Waals surface area (Å²) in [6, 6.07) is 19.6. The number of anilines is 2. The van der Waals surface area contributed by atoms with Gasteiger partial charge >= 0.3 is 0 Å². The average molecular weight is 473 g/mol. The van der Waals surface area contributed by atoms with Crippen molar-refractivity contribution in [3.05, 3.63) is 76.8 Å². The van der Waals surface area contributed by atoms with Gasteiger partial charge in [0.1, 0.15) is 5.52 Å². The predicted octanol–water partition coefficient (Wildman–Crippen LogP) is 4.13. The van der Waals surface area contributed by atoms with Crippen LogP contribution in [-0.4, -0.2) is 51.9 Å². The monoisotopic (exact) mass is 472 g/mol. The van der Waals surface area contributed by atoms with Crippen molar-refractivity contribution in [1.29, 1.82) is 0 Å². The largest absolute Gasteiger partial charge is 0.368 e. The van der Waals surface area contributed by atoms with Crippen LogP contribution in [0.5, 0.6) is 0 Å². The van der Waals surface area contributed by atoms with Crippen molar-refractivity contribution in [3.63, 3.8) is 0 Å². The van der Waals surface area contributed by atoms with Crippen LogP contribution in [0.3, 0.4) is 0 Å². The van der Waals surface area contributed by atoms with Gasteiger partial charge in [0.15, 0.2) is 5.82 Å². The standard InChI is InChI=1S/C26H25ClN6O/c1-17-2-6-19(7-3-17)21-10-11-22-24(29-21)25(31-26(28)30-22)33-14-12-32(13-15-33)23(34)16-18-4-8-20(27)9-5-18/h2-11H,12-16H2,1H3,(H2,28,30,31). The topological polar surface area (TPSA) is 88.2 Å². The second kappa shape index (κ2) is 9.27. The lowest BCUT2D eigenvalue weighted by Crippen LogP contribution is -2.49. The molecule has 3 heterocycles. The van der Waals surface area contributed by atoms with Gasteiger partial charge < -0.3 is 15.5 Å². The number of halogens is 1. The summed E-state index contributed by atoms with van der Waals surface area (Å²) in [5.41, 5.74) is 11.5. The van der Waals surface area contributed by atoms with Crippen LogP contribution in [-0.2, 0) is 11.2 Å². The molecule has 1 fully saturated rings. The molecule has 0 unspecified atom stereocenters. The SMILES string of the molecule is Cc1ccc(-c2ccc3nc(N)nc(N4CCN(C(=O)Cc5ccc(Cl)cc5)CC4)c3n2)cc1. The molecule has 172 valence electrons. The number of carbonyl (C=O) groups is 1. The minimum absolute atomic E-state index is 0.105. The lowest BCUT2D eigenvalue weighted by Gasteiger charge is -2.35. The highest BCUT2D eigenvalue weighted by Crippen LogP contribution is 2.28. The third kappa shape index (κ3) is 4.65. The number of aryl methyl sites for hydroxylation is 1. The number of benzene rings is 2. The number of pyridine rings is 1. The van der Waals surface area contributed by atoms with E-state index in [2.05, 4.69) is 46.1 Å². The van der Waals surface area contributed by atoms with E-state index in [4.69, 9.17) is 22.3 Å². The van der Waals surface area contributed by atoms with Gasteiger partial charge in [0.05, 0.1) is 17.6 Å². The zero-order valence-corrected chi connectivity index (χ0v) is 19.7. The van der Waals surface area contributed by atoms with Crippen molar-refractivity contribution < 1.29 is 4.79 Å². The number of nitrogens with zero attached hydrogens (tertiary/aromatic N) is 5. The fourth-order valence-electron chi connectivity index (χ4n) is 4.18. The van der Waals surface area contributed by atoms with Gasteiger partial charge in [-0.05, 0) is 36.8 Å². The molecular formula is C26H25ClN6O. The average Bonchev–Trinajstić information content (AvgIpc) is 2.85. The van der Waals surface area contributed by atoms with E-state index in [0.29, 0.717) is 54.5 Å². The van der Waals surface area contributed by atoms with Gasteiger partial charge in [-0.2, -0.15) is 4.98 Å². The second-order valence-corrected chi connectivity index (χ2v) is 8.94. The van der Waals surface area contributed by atoms with E-state index in [1.807, 2.05) is 41.3 Å². The summed E-state index contributed by atoms with van der Waals surface area (Å²) in [6.07, 6.45) is 0.363. The molecule has 7 nitrogen and oxygen atoms in total. The van der Waals surface area contributed by atoms with Crippen LogP contribution in [0.2, 0.25) is 5.02 Å². The second-order valence-electron chi connectivity index (χ2n) is 8.51. The summed E-state index contributed by atoms with van der Waals surface area (Å²) >= 11 is 5.95. The van der Waals surface area contributed by atoms with Crippen LogP contribution in [0.1, 0.15) is 11.1 Å². The molecule has 34 heavy (non-hydrogen) atoms. The fourth-order valence-corrected chi connectivity index (χ4v) is 4.30. The van der Waals surface area contributed by atoms with Crippen molar-refractivity contribution in [3.8, 4) is 11.3 Å². The Hall–Kier alpha value is -3.71. The first-order chi connectivity index (χ1) is 16.5. The van der Waals surface area contributed by atoms with E-state index >= 15 is 0 Å². The van der Waals surface area contributed by atoms with Crippen molar-refractivity contribution in [1.82, 2.24) is 19.9 Å². The first-order valence-electron chi connectivity index (χ1n) is 11.2. The lowest BCUT2D eigenvalue weighted by atomic mass is 10.1. The van der Waals surface area contributed by atoms with Gasteiger partial charge in [-0.15, -0.1) is 0 Å². The van der Waals surface area contributed by atoms with Gasteiger partial charge in [0, 0.05) is 36.8 Å². The van der Waals surface area contributed by atoms with Gasteiger partial charge in [0.2, 0.25) is 11.9 Å². The summed E-state index contributed by atoms with van der Waals surface area (Å²) < 4.78 is 0. The van der Waals surface area contributed by atoms with Crippen LogP contribution < -0.4 is 10.6 Å². The summed E-state index contributed by atoms with van der Waals surface area (Å²) in [5, 5.41) is 0.667. The Morgan fingerprint density at radius 1 is 0.912 bits per heavy atom. The third-order valence-corrected chi connectivity index (χ3v) is 6.34. The zero-order chi connectivity index (χ0) is 23.7. The van der Waals surface area contributed by atoms with E-state index in [1.54, 1.807) is 0 Å². The smallest absolute Gasteiger partial charge is 0.227 e. The molecule has 0 bridgehead atoms. The molecule has 0 atom stereocenters. The normalized spacial score (nSPS) is 13.9. The molecule has 1 aliphatic heterocycles. The van der Waals surface area contributed by atoms with Crippen LogP contribution in [0, 0.1) is 6.92 Å². The molecule has 0 radical (unpaired) electrons. The van der Waals surface area contributed by atoms with Crippen LogP contribution >= 0.6 is 11.6 Å². The molecule has 2 N–H and O–H groups in total. The Balaban J connectivity index is 1.35. The van der Waals surface area contributed by atoms with Crippen LogP contribution in [0.25, 0.3) is 22.3 Å². The van der Waals surface area contributed by atoms with Crippen molar-refractivity contribution >= 4 is 40.3 Å². The van der Waals surface area contributed by atoms with E-state index in [-0.39, 0.29) is 11.9 Å². The number of amides is 1. The molecule has 1 amide bonds. The number of aromatic nitrogens is 3. The van der Waals surface area contributed by atoms with Crippen LogP contribution in [0.15, 0.2) is 60.7 Å². The summed E-state index contributed by atoms with van der Waals surface area (Å²) in [6.45, 7) is 4.57. The number of piperazine rings is 1. The van der Waals surface area contributed by atoms with Crippen molar-refractivity contribution in [2.24, 2.45) is 0 Å². The number of hydrogen-bond donors (Lipinski definition) is 1.